The van der Waals surface area contributed by atoms with Gasteiger partial charge in [-0.15, -0.1) is 0 Å². The molecule has 2 aromatic carbocycles. The third-order valence-electron chi connectivity index (χ3n) is 5.54. The Kier molecular flexibility index (Phi) is 8.21. The first-order chi connectivity index (χ1) is 16.5. The lowest BCUT2D eigenvalue weighted by molar-refractivity contribution is -0.159. The molecule has 1 heterocycles. The number of carboxylic acid groups (broad SMARTS) is 1. The van der Waals surface area contributed by atoms with Crippen LogP contribution in [0.25, 0.3) is 0 Å². The van der Waals surface area contributed by atoms with Gasteiger partial charge >= 0.3 is 18.2 Å². The van der Waals surface area contributed by atoms with Crippen LogP contribution in [0.1, 0.15) is 42.0 Å². The van der Waals surface area contributed by atoms with Gasteiger partial charge in [0.05, 0.1) is 12.2 Å². The molecule has 1 fully saturated rings. The lowest BCUT2D eigenvalue weighted by Gasteiger charge is -2.24. The molecule has 190 valence electrons. The van der Waals surface area contributed by atoms with Gasteiger partial charge in [-0.3, -0.25) is 0 Å². The number of nitrogens with one attached hydrogen (secondary N) is 1. The standard InChI is InChI=1S/C24H25F4NO6/c1-2-33-20-7-5-15(12-23(21(30)31)8-3-9-35-23)10-17(20)13-29-22(32)34-14-16-4-6-18(19(25)11-16)24(26,27)28/h4-7,10-11H,2-3,8-9,12-14H2,1H3,(H,29,32)(H,30,31). The molecule has 0 aliphatic carbocycles. The fraction of sp³-hybridized carbons (Fsp3) is 0.417. The van der Waals surface area contributed by atoms with E-state index in [2.05, 4.69) is 5.32 Å². The van der Waals surface area contributed by atoms with Crippen LogP contribution in [0.4, 0.5) is 22.4 Å². The number of alkyl halides is 3. The predicted octanol–water partition coefficient (Wildman–Crippen LogP) is 4.85. The summed E-state index contributed by atoms with van der Waals surface area (Å²) in [4.78, 5) is 23.9. The quantitative estimate of drug-likeness (QED) is 0.480. The molecule has 0 spiro atoms. The van der Waals surface area contributed by atoms with Crippen LogP contribution >= 0.6 is 0 Å². The van der Waals surface area contributed by atoms with Crippen molar-refractivity contribution in [2.75, 3.05) is 13.2 Å². The zero-order valence-corrected chi connectivity index (χ0v) is 18.9. The van der Waals surface area contributed by atoms with Crippen LogP contribution in [0, 0.1) is 5.82 Å². The Morgan fingerprint density at radius 2 is 1.91 bits per heavy atom. The van der Waals surface area contributed by atoms with Gasteiger partial charge < -0.3 is 24.6 Å². The molecular weight excluding hydrogens is 474 g/mol. The number of amides is 1. The van der Waals surface area contributed by atoms with Crippen LogP contribution in [0.5, 0.6) is 5.75 Å². The number of carbonyl (C=O) groups excluding carboxylic acids is 1. The van der Waals surface area contributed by atoms with E-state index in [0.29, 0.717) is 55.1 Å². The maximum absolute atomic E-state index is 13.7. The van der Waals surface area contributed by atoms with Crippen molar-refractivity contribution in [3.8, 4) is 5.75 Å². The molecule has 1 aliphatic heterocycles. The highest BCUT2D eigenvalue weighted by molar-refractivity contribution is 5.78. The Hall–Kier alpha value is -3.34. The molecule has 1 unspecified atom stereocenters. The lowest BCUT2D eigenvalue weighted by atomic mass is 9.91. The Balaban J connectivity index is 1.63. The molecule has 0 saturated carbocycles. The molecular formula is C24H25F4NO6. The van der Waals surface area contributed by atoms with Gasteiger partial charge in [0.15, 0.2) is 5.60 Å². The van der Waals surface area contributed by atoms with Crippen LogP contribution in [0.3, 0.4) is 0 Å². The highest BCUT2D eigenvalue weighted by Crippen LogP contribution is 2.33. The fourth-order valence-corrected chi connectivity index (χ4v) is 3.83. The normalized spacial score (nSPS) is 17.7. The first-order valence-corrected chi connectivity index (χ1v) is 10.9. The van der Waals surface area contributed by atoms with Crippen molar-refractivity contribution >= 4 is 12.1 Å². The average molecular weight is 499 g/mol. The summed E-state index contributed by atoms with van der Waals surface area (Å²) in [5.74, 6) is -2.01. The number of hydrogen-bond acceptors (Lipinski definition) is 5. The van der Waals surface area contributed by atoms with Crippen molar-refractivity contribution in [1.82, 2.24) is 5.32 Å². The summed E-state index contributed by atoms with van der Waals surface area (Å²) in [5.41, 5.74) is -1.39. The minimum Gasteiger partial charge on any atom is -0.494 e. The largest absolute Gasteiger partial charge is 0.494 e. The van der Waals surface area contributed by atoms with Crippen molar-refractivity contribution in [2.45, 2.75) is 51.1 Å². The summed E-state index contributed by atoms with van der Waals surface area (Å²) < 4.78 is 67.7. The monoisotopic (exact) mass is 499 g/mol. The van der Waals surface area contributed by atoms with E-state index in [-0.39, 0.29) is 18.5 Å². The summed E-state index contributed by atoms with van der Waals surface area (Å²) in [6, 6.07) is 7.40. The van der Waals surface area contributed by atoms with Gasteiger partial charge in [0.25, 0.3) is 0 Å². The minimum atomic E-state index is -4.82. The number of aliphatic carboxylic acids is 1. The van der Waals surface area contributed by atoms with Crippen LogP contribution in [0.2, 0.25) is 0 Å². The van der Waals surface area contributed by atoms with Gasteiger partial charge in [-0.2, -0.15) is 13.2 Å². The Morgan fingerprint density at radius 3 is 2.51 bits per heavy atom. The summed E-state index contributed by atoms with van der Waals surface area (Å²) in [6.07, 6.45) is -4.51. The molecule has 1 atom stereocenters. The van der Waals surface area contributed by atoms with Crippen molar-refractivity contribution < 1.29 is 46.5 Å². The zero-order valence-electron chi connectivity index (χ0n) is 18.9. The second-order valence-corrected chi connectivity index (χ2v) is 8.04. The van der Waals surface area contributed by atoms with E-state index < -0.39 is 41.8 Å². The number of carboxylic acids is 1. The molecule has 7 nitrogen and oxygen atoms in total. The van der Waals surface area contributed by atoms with Gasteiger partial charge in [0.2, 0.25) is 0 Å². The number of benzene rings is 2. The maximum atomic E-state index is 13.7. The van der Waals surface area contributed by atoms with E-state index in [1.54, 1.807) is 25.1 Å². The van der Waals surface area contributed by atoms with E-state index in [1.165, 1.54) is 0 Å². The van der Waals surface area contributed by atoms with Crippen LogP contribution in [-0.2, 0) is 40.0 Å². The number of ether oxygens (including phenoxy) is 3. The molecule has 0 aromatic heterocycles. The van der Waals surface area contributed by atoms with E-state index in [9.17, 15) is 32.3 Å². The molecule has 1 amide bonds. The molecule has 2 N–H and O–H groups in total. The van der Waals surface area contributed by atoms with Gasteiger partial charge in [-0.25, -0.2) is 14.0 Å². The molecule has 0 radical (unpaired) electrons. The molecule has 11 heteroatoms. The summed E-state index contributed by atoms with van der Waals surface area (Å²) >= 11 is 0. The lowest BCUT2D eigenvalue weighted by Crippen LogP contribution is -2.40. The Bertz CT molecular complexity index is 1070. The first-order valence-electron chi connectivity index (χ1n) is 10.9. The summed E-state index contributed by atoms with van der Waals surface area (Å²) in [7, 11) is 0. The number of alkyl carbamates (subject to hydrolysis) is 1. The summed E-state index contributed by atoms with van der Waals surface area (Å²) in [5, 5.41) is 12.1. The van der Waals surface area contributed by atoms with Crippen molar-refractivity contribution in [2.24, 2.45) is 0 Å². The van der Waals surface area contributed by atoms with E-state index in [0.717, 1.165) is 6.07 Å². The topological polar surface area (TPSA) is 94.1 Å². The van der Waals surface area contributed by atoms with Crippen LogP contribution < -0.4 is 10.1 Å². The number of rotatable bonds is 9. The molecule has 1 aliphatic rings. The second-order valence-electron chi connectivity index (χ2n) is 8.04. The fourth-order valence-electron chi connectivity index (χ4n) is 3.83. The van der Waals surface area contributed by atoms with Crippen molar-refractivity contribution in [3.63, 3.8) is 0 Å². The number of carbonyl (C=O) groups is 2. The van der Waals surface area contributed by atoms with Crippen molar-refractivity contribution in [1.29, 1.82) is 0 Å². The third kappa shape index (κ3) is 6.62. The highest BCUT2D eigenvalue weighted by Gasteiger charge is 2.43. The van der Waals surface area contributed by atoms with E-state index in [1.807, 2.05) is 0 Å². The molecule has 0 bridgehead atoms. The summed E-state index contributed by atoms with van der Waals surface area (Å²) in [6.45, 7) is 2.06. The number of halogens is 4. The van der Waals surface area contributed by atoms with Crippen molar-refractivity contribution in [3.05, 3.63) is 64.5 Å². The molecule has 35 heavy (non-hydrogen) atoms. The Labute approximate surface area is 199 Å². The SMILES string of the molecule is CCOc1ccc(CC2(C(=O)O)CCCO2)cc1CNC(=O)OCc1ccc(C(F)(F)F)c(F)c1. The van der Waals surface area contributed by atoms with E-state index >= 15 is 0 Å². The van der Waals surface area contributed by atoms with Gasteiger partial charge in [0.1, 0.15) is 18.2 Å². The van der Waals surface area contributed by atoms with Crippen LogP contribution in [0.15, 0.2) is 36.4 Å². The number of hydrogen-bond donors (Lipinski definition) is 2. The van der Waals surface area contributed by atoms with Gasteiger partial charge in [0, 0.05) is 25.1 Å². The highest BCUT2D eigenvalue weighted by atomic mass is 19.4. The van der Waals surface area contributed by atoms with Crippen LogP contribution in [-0.4, -0.2) is 36.0 Å². The molecule has 3 rings (SSSR count). The smallest absolute Gasteiger partial charge is 0.419 e. The van der Waals surface area contributed by atoms with E-state index in [4.69, 9.17) is 14.2 Å². The predicted molar refractivity (Wildman–Crippen MR) is 115 cm³/mol. The minimum absolute atomic E-state index is 0.0235. The van der Waals surface area contributed by atoms with Gasteiger partial charge in [-0.05, 0) is 49.1 Å². The maximum Gasteiger partial charge on any atom is 0.419 e. The second kappa shape index (κ2) is 10.9. The third-order valence-corrected chi connectivity index (χ3v) is 5.54. The first kappa shape index (κ1) is 26.3. The molecule has 2 aromatic rings. The Morgan fingerprint density at radius 1 is 1.17 bits per heavy atom. The zero-order chi connectivity index (χ0) is 25.6. The average Bonchev–Trinajstić information content (AvgIpc) is 3.27. The molecule has 1 saturated heterocycles. The van der Waals surface area contributed by atoms with Gasteiger partial charge in [-0.1, -0.05) is 18.2 Å².